The van der Waals surface area contributed by atoms with E-state index in [0.29, 0.717) is 17.4 Å². The number of rotatable bonds is 9. The highest BCUT2D eigenvalue weighted by Crippen LogP contribution is 2.34. The molecule has 0 fully saturated rings. The first-order chi connectivity index (χ1) is 16.7. The number of hydrogen-bond donors (Lipinski definition) is 3. The number of nitrogens with one attached hydrogen (secondary N) is 2. The molecule has 0 radical (unpaired) electrons. The molecule has 0 spiro atoms. The number of hydrogen-bond acceptors (Lipinski definition) is 5. The topological polar surface area (TPSA) is 79.8 Å². The van der Waals surface area contributed by atoms with Crippen LogP contribution in [0.15, 0.2) is 36.4 Å². The van der Waals surface area contributed by atoms with Crippen molar-refractivity contribution < 1.29 is 19.4 Å². The Morgan fingerprint density at radius 3 is 2.28 bits per heavy atom. The van der Waals surface area contributed by atoms with E-state index in [2.05, 4.69) is 55.7 Å². The number of aromatic hydroxyl groups is 1. The second-order valence-electron chi connectivity index (χ2n) is 11.0. The number of ether oxygens (including phenoxy) is 2. The third kappa shape index (κ3) is 9.17. The third-order valence-electron chi connectivity index (χ3n) is 5.73. The summed E-state index contributed by atoms with van der Waals surface area (Å²) in [6.07, 6.45) is 1.54. The number of carbonyl (C=O) groups is 1. The summed E-state index contributed by atoms with van der Waals surface area (Å²) in [4.78, 5) is 12.3. The minimum absolute atomic E-state index is 0.0973. The molecular formula is C28H39ClN2O4S. The number of phenols is 1. The zero-order valence-corrected chi connectivity index (χ0v) is 23.9. The van der Waals surface area contributed by atoms with Crippen LogP contribution in [0.2, 0.25) is 5.02 Å². The summed E-state index contributed by atoms with van der Waals surface area (Å²) < 4.78 is 10.8. The van der Waals surface area contributed by atoms with Gasteiger partial charge >= 0.3 is 5.97 Å². The fourth-order valence-electron chi connectivity index (χ4n) is 3.41. The summed E-state index contributed by atoms with van der Waals surface area (Å²) in [5.74, 6) is -0.0592. The van der Waals surface area contributed by atoms with Crippen molar-refractivity contribution in [3.05, 3.63) is 58.1 Å². The molecule has 2 aromatic carbocycles. The van der Waals surface area contributed by atoms with E-state index in [-0.39, 0.29) is 34.8 Å². The lowest BCUT2D eigenvalue weighted by molar-refractivity contribution is -0.153. The van der Waals surface area contributed by atoms with E-state index in [1.165, 1.54) is 18.2 Å². The van der Waals surface area contributed by atoms with Crippen LogP contribution in [0, 0.1) is 5.41 Å². The van der Waals surface area contributed by atoms with Crippen LogP contribution in [-0.2, 0) is 27.9 Å². The monoisotopic (exact) mass is 534 g/mol. The number of carbonyl (C=O) groups excluding carboxylic acids is 1. The van der Waals surface area contributed by atoms with Crippen molar-refractivity contribution in [2.75, 3.05) is 13.7 Å². The standard InChI is InChI=1S/C28H39ClN2O4S/c1-27(2,3)20-11-8-18(9-12-20)10-13-21(17-35-25(33)28(4,5)6)31-26(36)30-16-19-14-22(29)24(32)23(15-19)34-7/h8-9,11-12,14-15,21,32H,10,13,16-17H2,1-7H3,(H2,30,31,36). The number of aryl methyl sites for hydroxylation is 1. The lowest BCUT2D eigenvalue weighted by Crippen LogP contribution is -2.45. The second-order valence-corrected chi connectivity index (χ2v) is 11.8. The number of benzene rings is 2. The summed E-state index contributed by atoms with van der Waals surface area (Å²) >= 11 is 11.6. The molecule has 0 saturated carbocycles. The largest absolute Gasteiger partial charge is 0.503 e. The summed E-state index contributed by atoms with van der Waals surface area (Å²) in [6, 6.07) is 11.8. The molecule has 0 aliphatic carbocycles. The Hall–Kier alpha value is -2.51. The zero-order valence-electron chi connectivity index (χ0n) is 22.3. The Morgan fingerprint density at radius 1 is 1.08 bits per heavy atom. The van der Waals surface area contributed by atoms with E-state index in [1.54, 1.807) is 12.1 Å². The molecular weight excluding hydrogens is 496 g/mol. The number of methoxy groups -OCH3 is 1. The highest BCUT2D eigenvalue weighted by atomic mass is 35.5. The van der Waals surface area contributed by atoms with Crippen molar-refractivity contribution >= 4 is 34.9 Å². The van der Waals surface area contributed by atoms with Crippen LogP contribution < -0.4 is 15.4 Å². The number of halogens is 1. The highest BCUT2D eigenvalue weighted by molar-refractivity contribution is 7.80. The summed E-state index contributed by atoms with van der Waals surface area (Å²) in [5.41, 5.74) is 2.82. The van der Waals surface area contributed by atoms with E-state index in [0.717, 1.165) is 18.4 Å². The molecule has 0 saturated heterocycles. The average Bonchev–Trinajstić information content (AvgIpc) is 2.80. The maximum absolute atomic E-state index is 12.3. The summed E-state index contributed by atoms with van der Waals surface area (Å²) in [5, 5.41) is 17.0. The second kappa shape index (κ2) is 12.6. The van der Waals surface area contributed by atoms with E-state index < -0.39 is 5.41 Å². The molecule has 2 aromatic rings. The lowest BCUT2D eigenvalue weighted by Gasteiger charge is -2.24. The van der Waals surface area contributed by atoms with Crippen LogP contribution in [0.1, 0.15) is 64.7 Å². The van der Waals surface area contributed by atoms with E-state index in [1.807, 2.05) is 20.8 Å². The Kier molecular flexibility index (Phi) is 10.4. The molecule has 0 heterocycles. The van der Waals surface area contributed by atoms with Crippen molar-refractivity contribution in [2.24, 2.45) is 5.41 Å². The van der Waals surface area contributed by atoms with Gasteiger partial charge in [-0.15, -0.1) is 0 Å². The van der Waals surface area contributed by atoms with Crippen LogP contribution in [0.5, 0.6) is 11.5 Å². The van der Waals surface area contributed by atoms with Crippen molar-refractivity contribution in [1.29, 1.82) is 0 Å². The van der Waals surface area contributed by atoms with E-state index in [4.69, 9.17) is 33.3 Å². The predicted octanol–water partition coefficient (Wildman–Crippen LogP) is 5.91. The lowest BCUT2D eigenvalue weighted by atomic mass is 9.86. The van der Waals surface area contributed by atoms with Gasteiger partial charge in [0.25, 0.3) is 0 Å². The van der Waals surface area contributed by atoms with Gasteiger partial charge < -0.3 is 25.2 Å². The molecule has 3 N–H and O–H groups in total. The Bertz CT molecular complexity index is 1040. The van der Waals surface area contributed by atoms with Crippen LogP contribution in [0.25, 0.3) is 0 Å². The number of phenolic OH excluding ortho intramolecular Hbond substituents is 1. The van der Waals surface area contributed by atoms with Gasteiger partial charge in [0, 0.05) is 6.54 Å². The molecule has 1 atom stereocenters. The minimum Gasteiger partial charge on any atom is -0.503 e. The van der Waals surface area contributed by atoms with Crippen LogP contribution in [-0.4, -0.2) is 35.9 Å². The zero-order chi connectivity index (χ0) is 27.1. The van der Waals surface area contributed by atoms with Gasteiger partial charge in [0.05, 0.1) is 23.6 Å². The fourth-order valence-corrected chi connectivity index (χ4v) is 3.88. The molecule has 0 bridgehead atoms. The maximum atomic E-state index is 12.3. The Labute approximate surface area is 225 Å². The molecule has 1 unspecified atom stereocenters. The fraction of sp³-hybridized carbons (Fsp3) is 0.500. The van der Waals surface area contributed by atoms with Gasteiger partial charge in [0.2, 0.25) is 0 Å². The van der Waals surface area contributed by atoms with Gasteiger partial charge in [-0.3, -0.25) is 4.79 Å². The first-order valence-electron chi connectivity index (χ1n) is 12.1. The van der Waals surface area contributed by atoms with E-state index in [9.17, 15) is 9.90 Å². The first-order valence-corrected chi connectivity index (χ1v) is 12.9. The SMILES string of the molecule is COc1cc(CNC(=S)NC(CCc2ccc(C(C)(C)C)cc2)COC(=O)C(C)(C)C)cc(Cl)c1O. The number of thiocarbonyl (C=S) groups is 1. The Balaban J connectivity index is 2.03. The van der Waals surface area contributed by atoms with Crippen LogP contribution >= 0.6 is 23.8 Å². The summed E-state index contributed by atoms with van der Waals surface area (Å²) in [6.45, 7) is 12.7. The Morgan fingerprint density at radius 2 is 1.72 bits per heavy atom. The van der Waals surface area contributed by atoms with Crippen molar-refractivity contribution in [3.63, 3.8) is 0 Å². The maximum Gasteiger partial charge on any atom is 0.311 e. The van der Waals surface area contributed by atoms with Crippen molar-refractivity contribution in [1.82, 2.24) is 10.6 Å². The van der Waals surface area contributed by atoms with Crippen LogP contribution in [0.4, 0.5) is 0 Å². The minimum atomic E-state index is -0.580. The third-order valence-corrected chi connectivity index (χ3v) is 6.28. The predicted molar refractivity (Wildman–Crippen MR) is 150 cm³/mol. The average molecular weight is 535 g/mol. The van der Waals surface area contributed by atoms with Gasteiger partial charge in [0.1, 0.15) is 6.61 Å². The normalized spacial score (nSPS) is 12.6. The molecule has 0 aliphatic heterocycles. The van der Waals surface area contributed by atoms with Crippen LogP contribution in [0.3, 0.4) is 0 Å². The molecule has 198 valence electrons. The van der Waals surface area contributed by atoms with Gasteiger partial charge in [-0.05, 0) is 80.1 Å². The molecule has 2 rings (SSSR count). The molecule has 36 heavy (non-hydrogen) atoms. The molecule has 0 amide bonds. The van der Waals surface area contributed by atoms with Gasteiger partial charge in [-0.1, -0.05) is 56.6 Å². The molecule has 0 aromatic heterocycles. The molecule has 6 nitrogen and oxygen atoms in total. The van der Waals surface area contributed by atoms with Gasteiger partial charge in [-0.2, -0.15) is 0 Å². The number of esters is 1. The van der Waals surface area contributed by atoms with Gasteiger partial charge in [0.15, 0.2) is 16.6 Å². The molecule has 0 aliphatic rings. The van der Waals surface area contributed by atoms with Crippen molar-refractivity contribution in [2.45, 2.75) is 72.4 Å². The van der Waals surface area contributed by atoms with Crippen molar-refractivity contribution in [3.8, 4) is 11.5 Å². The highest BCUT2D eigenvalue weighted by Gasteiger charge is 2.24. The smallest absolute Gasteiger partial charge is 0.311 e. The first kappa shape index (κ1) is 29.7. The molecule has 8 heteroatoms. The quantitative estimate of drug-likeness (QED) is 0.273. The van der Waals surface area contributed by atoms with Gasteiger partial charge in [-0.25, -0.2) is 0 Å². The van der Waals surface area contributed by atoms with E-state index >= 15 is 0 Å². The summed E-state index contributed by atoms with van der Waals surface area (Å²) in [7, 11) is 1.47.